The molecule has 1 aromatic carbocycles. The van der Waals surface area contributed by atoms with E-state index in [1.54, 1.807) is 0 Å². The molecule has 2 aromatic rings. The third kappa shape index (κ3) is 1.72. The summed E-state index contributed by atoms with van der Waals surface area (Å²) in [7, 11) is 2.09. The Bertz CT molecular complexity index is 654. The quantitative estimate of drug-likeness (QED) is 0.681. The van der Waals surface area contributed by atoms with Crippen LogP contribution < -0.4 is 0 Å². The molecule has 0 fully saturated rings. The minimum atomic E-state index is 1.16. The van der Waals surface area contributed by atoms with Crippen LogP contribution in [0.5, 0.6) is 0 Å². The lowest BCUT2D eigenvalue weighted by Crippen LogP contribution is -1.91. The van der Waals surface area contributed by atoms with E-state index in [9.17, 15) is 0 Å². The standard InChI is InChI=1S/C17H19N/c1-6-13(7-2)14-9-10-16-15(8-3)12(4)18(5)17(16)11-14/h6-11H,1,3H2,2,4-5H3/b13-7+. The van der Waals surface area contributed by atoms with Crippen LogP contribution in [0.3, 0.4) is 0 Å². The lowest BCUT2D eigenvalue weighted by Gasteiger charge is -2.04. The van der Waals surface area contributed by atoms with E-state index in [1.165, 1.54) is 27.7 Å². The molecule has 0 aliphatic carbocycles. The van der Waals surface area contributed by atoms with E-state index < -0.39 is 0 Å². The SMILES string of the molecule is C=C/C(=C\C)c1ccc2c(C=C)c(C)n(C)c2c1. The molecular weight excluding hydrogens is 218 g/mol. The molecule has 0 amide bonds. The summed E-state index contributed by atoms with van der Waals surface area (Å²) in [6.45, 7) is 11.9. The highest BCUT2D eigenvalue weighted by atomic mass is 14.9. The highest BCUT2D eigenvalue weighted by Crippen LogP contribution is 2.28. The summed E-state index contributed by atoms with van der Waals surface area (Å²) in [4.78, 5) is 0. The number of nitrogens with zero attached hydrogens (tertiary/aromatic N) is 1. The van der Waals surface area contributed by atoms with E-state index in [-0.39, 0.29) is 0 Å². The Kier molecular flexibility index (Phi) is 3.24. The molecule has 2 rings (SSSR count). The lowest BCUT2D eigenvalue weighted by atomic mass is 10.0. The van der Waals surface area contributed by atoms with E-state index in [0.717, 1.165) is 5.57 Å². The zero-order valence-electron chi connectivity index (χ0n) is 11.3. The second-order valence-corrected chi connectivity index (χ2v) is 4.44. The Morgan fingerprint density at radius 2 is 2.00 bits per heavy atom. The molecule has 92 valence electrons. The first kappa shape index (κ1) is 12.4. The van der Waals surface area contributed by atoms with Crippen molar-refractivity contribution in [2.75, 3.05) is 0 Å². The number of aryl methyl sites for hydroxylation is 1. The normalized spacial score (nSPS) is 11.8. The smallest absolute Gasteiger partial charge is 0.0492 e. The van der Waals surface area contributed by atoms with Gasteiger partial charge in [-0.15, -0.1) is 0 Å². The Labute approximate surface area is 109 Å². The van der Waals surface area contributed by atoms with E-state index in [4.69, 9.17) is 0 Å². The van der Waals surface area contributed by atoms with Gasteiger partial charge in [0.05, 0.1) is 0 Å². The summed E-state index contributed by atoms with van der Waals surface area (Å²) >= 11 is 0. The number of fused-ring (bicyclic) bond motifs is 1. The molecule has 0 aliphatic rings. The van der Waals surface area contributed by atoms with Crippen LogP contribution in [0.4, 0.5) is 0 Å². The molecule has 1 heterocycles. The Hall–Kier alpha value is -2.02. The number of rotatable bonds is 3. The van der Waals surface area contributed by atoms with Crippen molar-refractivity contribution >= 4 is 22.6 Å². The molecule has 0 spiro atoms. The molecule has 1 heteroatoms. The van der Waals surface area contributed by atoms with Crippen LogP contribution in [-0.2, 0) is 7.05 Å². The largest absolute Gasteiger partial charge is 0.347 e. The van der Waals surface area contributed by atoms with Crippen LogP contribution in [0, 0.1) is 6.92 Å². The first-order chi connectivity index (χ1) is 8.63. The van der Waals surface area contributed by atoms with Gasteiger partial charge >= 0.3 is 0 Å². The van der Waals surface area contributed by atoms with Crippen LogP contribution >= 0.6 is 0 Å². The maximum Gasteiger partial charge on any atom is 0.0492 e. The van der Waals surface area contributed by atoms with Gasteiger partial charge in [-0.2, -0.15) is 0 Å². The van der Waals surface area contributed by atoms with Crippen molar-refractivity contribution in [2.45, 2.75) is 13.8 Å². The van der Waals surface area contributed by atoms with Gasteiger partial charge in [-0.3, -0.25) is 0 Å². The van der Waals surface area contributed by atoms with Crippen LogP contribution in [-0.4, -0.2) is 4.57 Å². The molecule has 0 bridgehead atoms. The molecule has 0 radical (unpaired) electrons. The van der Waals surface area contributed by atoms with Crippen LogP contribution in [0.1, 0.15) is 23.7 Å². The van der Waals surface area contributed by atoms with Gasteiger partial charge in [0, 0.05) is 29.2 Å². The average Bonchev–Trinajstić information content (AvgIpc) is 2.63. The van der Waals surface area contributed by atoms with Gasteiger partial charge in [0.2, 0.25) is 0 Å². The fourth-order valence-corrected chi connectivity index (χ4v) is 2.43. The van der Waals surface area contributed by atoms with E-state index in [1.807, 2.05) is 19.1 Å². The summed E-state index contributed by atoms with van der Waals surface area (Å²) in [6, 6.07) is 6.53. The van der Waals surface area contributed by atoms with Gasteiger partial charge in [0.25, 0.3) is 0 Å². The molecule has 0 unspecified atom stereocenters. The van der Waals surface area contributed by atoms with Gasteiger partial charge < -0.3 is 4.57 Å². The zero-order valence-corrected chi connectivity index (χ0v) is 11.3. The van der Waals surface area contributed by atoms with E-state index >= 15 is 0 Å². The topological polar surface area (TPSA) is 4.93 Å². The first-order valence-electron chi connectivity index (χ1n) is 6.14. The second kappa shape index (κ2) is 4.69. The molecule has 0 saturated heterocycles. The van der Waals surface area contributed by atoms with Gasteiger partial charge in [0.1, 0.15) is 0 Å². The molecular formula is C17H19N. The van der Waals surface area contributed by atoms with Crippen molar-refractivity contribution in [1.29, 1.82) is 0 Å². The highest BCUT2D eigenvalue weighted by molar-refractivity contribution is 5.93. The van der Waals surface area contributed by atoms with Crippen molar-refractivity contribution in [1.82, 2.24) is 4.57 Å². The molecule has 0 saturated carbocycles. The predicted molar refractivity (Wildman–Crippen MR) is 81.6 cm³/mol. The first-order valence-corrected chi connectivity index (χ1v) is 6.14. The third-order valence-corrected chi connectivity index (χ3v) is 3.61. The number of hydrogen-bond donors (Lipinski definition) is 0. The molecule has 18 heavy (non-hydrogen) atoms. The number of benzene rings is 1. The minimum absolute atomic E-state index is 1.16. The summed E-state index contributed by atoms with van der Waals surface area (Å²) in [6.07, 6.45) is 5.91. The molecule has 1 nitrogen and oxygen atoms in total. The van der Waals surface area contributed by atoms with E-state index in [0.29, 0.717) is 0 Å². The molecule has 0 N–H and O–H groups in total. The number of aromatic nitrogens is 1. The van der Waals surface area contributed by atoms with Crippen LogP contribution in [0.2, 0.25) is 0 Å². The van der Waals surface area contributed by atoms with E-state index in [2.05, 4.69) is 56.0 Å². The number of allylic oxidation sites excluding steroid dienone is 3. The summed E-state index contributed by atoms with van der Waals surface area (Å²) in [5.74, 6) is 0. The maximum atomic E-state index is 3.90. The second-order valence-electron chi connectivity index (χ2n) is 4.44. The van der Waals surface area contributed by atoms with Crippen LogP contribution in [0.25, 0.3) is 22.6 Å². The van der Waals surface area contributed by atoms with Gasteiger partial charge in [-0.05, 0) is 31.1 Å². The van der Waals surface area contributed by atoms with Crippen molar-refractivity contribution in [2.24, 2.45) is 7.05 Å². The summed E-state index contributed by atoms with van der Waals surface area (Å²) in [5, 5.41) is 1.26. The third-order valence-electron chi connectivity index (χ3n) is 3.61. The van der Waals surface area contributed by atoms with Crippen LogP contribution in [0.15, 0.2) is 43.5 Å². The Morgan fingerprint density at radius 3 is 2.56 bits per heavy atom. The molecule has 1 aromatic heterocycles. The Balaban J connectivity index is 2.77. The van der Waals surface area contributed by atoms with Crippen molar-refractivity contribution < 1.29 is 0 Å². The monoisotopic (exact) mass is 237 g/mol. The minimum Gasteiger partial charge on any atom is -0.347 e. The molecule has 0 atom stereocenters. The van der Waals surface area contributed by atoms with Crippen molar-refractivity contribution in [3.05, 3.63) is 60.3 Å². The maximum absolute atomic E-state index is 3.90. The van der Waals surface area contributed by atoms with Crippen molar-refractivity contribution in [3.8, 4) is 0 Å². The number of hydrogen-bond acceptors (Lipinski definition) is 0. The highest BCUT2D eigenvalue weighted by Gasteiger charge is 2.10. The average molecular weight is 237 g/mol. The Morgan fingerprint density at radius 1 is 1.28 bits per heavy atom. The summed E-state index contributed by atoms with van der Waals surface area (Å²) < 4.78 is 2.21. The zero-order chi connectivity index (χ0) is 13.3. The van der Waals surface area contributed by atoms with Gasteiger partial charge in [0.15, 0.2) is 0 Å². The lowest BCUT2D eigenvalue weighted by molar-refractivity contribution is 0.916. The predicted octanol–water partition coefficient (Wildman–Crippen LogP) is 4.72. The molecule has 0 aliphatic heterocycles. The summed E-state index contributed by atoms with van der Waals surface area (Å²) in [5.41, 5.74) is 6.07. The van der Waals surface area contributed by atoms with Crippen molar-refractivity contribution in [3.63, 3.8) is 0 Å². The fourth-order valence-electron chi connectivity index (χ4n) is 2.43. The fraction of sp³-hybridized carbons (Fsp3) is 0.176. The van der Waals surface area contributed by atoms with Gasteiger partial charge in [-0.1, -0.05) is 43.5 Å². The van der Waals surface area contributed by atoms with Gasteiger partial charge in [-0.25, -0.2) is 0 Å².